The summed E-state index contributed by atoms with van der Waals surface area (Å²) in [5.74, 6) is 0.815. The Balaban J connectivity index is 2.61. The molecule has 6 nitrogen and oxygen atoms in total. The number of carbonyl (C=O) groups is 1. The lowest BCUT2D eigenvalue weighted by atomic mass is 10.0. The predicted octanol–water partition coefficient (Wildman–Crippen LogP) is 2.29. The second-order valence-electron chi connectivity index (χ2n) is 6.21. The molecule has 0 aliphatic carbocycles. The van der Waals surface area contributed by atoms with Crippen molar-refractivity contribution >= 4 is 11.9 Å². The molecule has 1 rings (SSSR count). The van der Waals surface area contributed by atoms with Gasteiger partial charge in [0.2, 0.25) is 5.91 Å². The van der Waals surface area contributed by atoms with Crippen molar-refractivity contribution in [3.8, 4) is 0 Å². The maximum absolute atomic E-state index is 11.3. The molecule has 1 unspecified atom stereocenters. The van der Waals surface area contributed by atoms with Crippen LogP contribution in [0, 0.1) is 5.92 Å². The van der Waals surface area contributed by atoms with E-state index in [2.05, 4.69) is 29.5 Å². The fourth-order valence-electron chi connectivity index (χ4n) is 2.49. The Labute approximate surface area is 151 Å². The van der Waals surface area contributed by atoms with Gasteiger partial charge >= 0.3 is 0 Å². The van der Waals surface area contributed by atoms with E-state index in [0.29, 0.717) is 18.0 Å². The number of guanidine groups is 1. The average molecular weight is 348 g/mol. The molecule has 0 fully saturated rings. The van der Waals surface area contributed by atoms with Gasteiger partial charge in [0, 0.05) is 25.3 Å². The average Bonchev–Trinajstić information content (AvgIpc) is 2.58. The summed E-state index contributed by atoms with van der Waals surface area (Å²) in [4.78, 5) is 15.8. The second kappa shape index (κ2) is 11.5. The van der Waals surface area contributed by atoms with Crippen molar-refractivity contribution in [3.05, 3.63) is 35.4 Å². The van der Waals surface area contributed by atoms with Crippen LogP contribution in [0.4, 0.5) is 0 Å². The zero-order valence-corrected chi connectivity index (χ0v) is 15.8. The van der Waals surface area contributed by atoms with E-state index in [4.69, 9.17) is 10.5 Å². The lowest BCUT2D eigenvalue weighted by molar-refractivity contribution is 0.0258. The molecule has 1 aromatic carbocycles. The maximum atomic E-state index is 11.3. The van der Waals surface area contributed by atoms with Crippen molar-refractivity contribution in [3.63, 3.8) is 0 Å². The predicted molar refractivity (Wildman–Crippen MR) is 103 cm³/mol. The number of primary amides is 1. The number of hydrogen-bond acceptors (Lipinski definition) is 3. The standard InChI is InChI=1S/C19H32N4O2/c1-5-21-19(22-11-10-17(14(3)4)25-6-2)23-13-15-8-7-9-16(12-15)18(20)24/h7-9,12,14,17H,5-6,10-11,13H2,1-4H3,(H2,20,24)(H2,21,22,23). The molecule has 25 heavy (non-hydrogen) atoms. The summed E-state index contributed by atoms with van der Waals surface area (Å²) >= 11 is 0. The molecule has 140 valence electrons. The summed E-state index contributed by atoms with van der Waals surface area (Å²) in [5.41, 5.74) is 6.77. The first-order chi connectivity index (χ1) is 12.0. The van der Waals surface area contributed by atoms with Crippen LogP contribution in [0.25, 0.3) is 0 Å². The number of benzene rings is 1. The Morgan fingerprint density at radius 2 is 2.04 bits per heavy atom. The highest BCUT2D eigenvalue weighted by molar-refractivity contribution is 5.92. The molecule has 1 aromatic rings. The molecule has 0 bridgehead atoms. The lowest BCUT2D eigenvalue weighted by Crippen LogP contribution is -2.39. The molecule has 6 heteroatoms. The van der Waals surface area contributed by atoms with Gasteiger partial charge in [-0.2, -0.15) is 0 Å². The second-order valence-corrected chi connectivity index (χ2v) is 6.21. The highest BCUT2D eigenvalue weighted by Gasteiger charge is 2.13. The van der Waals surface area contributed by atoms with Gasteiger partial charge in [-0.3, -0.25) is 4.79 Å². The van der Waals surface area contributed by atoms with E-state index in [-0.39, 0.29) is 6.10 Å². The molecule has 4 N–H and O–H groups in total. The van der Waals surface area contributed by atoms with Gasteiger partial charge in [-0.25, -0.2) is 4.99 Å². The van der Waals surface area contributed by atoms with Crippen molar-refractivity contribution < 1.29 is 9.53 Å². The summed E-state index contributed by atoms with van der Waals surface area (Å²) in [6.45, 7) is 11.2. The van der Waals surface area contributed by atoms with Gasteiger partial charge in [0.05, 0.1) is 12.6 Å². The largest absolute Gasteiger partial charge is 0.378 e. The maximum Gasteiger partial charge on any atom is 0.248 e. The van der Waals surface area contributed by atoms with E-state index in [1.54, 1.807) is 12.1 Å². The Kier molecular flexibility index (Phi) is 9.62. The first kappa shape index (κ1) is 21.0. The van der Waals surface area contributed by atoms with Crippen molar-refractivity contribution in [1.82, 2.24) is 10.6 Å². The molecule has 1 atom stereocenters. The number of aliphatic imine (C=N–C) groups is 1. The monoisotopic (exact) mass is 348 g/mol. The molecule has 0 aromatic heterocycles. The number of ether oxygens (including phenoxy) is 1. The molecular formula is C19H32N4O2. The SMILES string of the molecule is CCNC(=NCc1cccc(C(N)=O)c1)NCCC(OCC)C(C)C. The Hall–Kier alpha value is -2.08. The van der Waals surface area contributed by atoms with E-state index >= 15 is 0 Å². The first-order valence-corrected chi connectivity index (χ1v) is 9.00. The number of amides is 1. The summed E-state index contributed by atoms with van der Waals surface area (Å²) < 4.78 is 5.77. The van der Waals surface area contributed by atoms with Gasteiger partial charge in [0.15, 0.2) is 5.96 Å². The number of rotatable bonds is 10. The van der Waals surface area contributed by atoms with E-state index in [1.165, 1.54) is 0 Å². The van der Waals surface area contributed by atoms with Crippen molar-refractivity contribution in [1.29, 1.82) is 0 Å². The normalized spacial score (nSPS) is 12.9. The minimum Gasteiger partial charge on any atom is -0.378 e. The zero-order chi connectivity index (χ0) is 18.7. The van der Waals surface area contributed by atoms with Crippen molar-refractivity contribution in [2.75, 3.05) is 19.7 Å². The lowest BCUT2D eigenvalue weighted by Gasteiger charge is -2.21. The molecule has 0 spiro atoms. The molecule has 0 aliphatic rings. The third kappa shape index (κ3) is 8.03. The Morgan fingerprint density at radius 1 is 1.28 bits per heavy atom. The van der Waals surface area contributed by atoms with E-state index in [0.717, 1.165) is 37.6 Å². The summed E-state index contributed by atoms with van der Waals surface area (Å²) in [5, 5.41) is 6.57. The molecule has 1 amide bonds. The third-order valence-corrected chi connectivity index (χ3v) is 3.82. The van der Waals surface area contributed by atoms with E-state index in [1.807, 2.05) is 26.0 Å². The fraction of sp³-hybridized carbons (Fsp3) is 0.579. The van der Waals surface area contributed by atoms with Gasteiger partial charge in [-0.15, -0.1) is 0 Å². The first-order valence-electron chi connectivity index (χ1n) is 9.00. The molecule has 0 heterocycles. The molecule has 0 aliphatic heterocycles. The van der Waals surface area contributed by atoms with Gasteiger partial charge in [-0.1, -0.05) is 26.0 Å². The number of carbonyl (C=O) groups excluding carboxylic acids is 1. The van der Waals surface area contributed by atoms with Crippen LogP contribution >= 0.6 is 0 Å². The topological polar surface area (TPSA) is 88.7 Å². The quantitative estimate of drug-likeness (QED) is 0.447. The molecule has 0 radical (unpaired) electrons. The van der Waals surface area contributed by atoms with Crippen LogP contribution in [0.1, 0.15) is 50.0 Å². The molecule has 0 saturated heterocycles. The van der Waals surface area contributed by atoms with Crippen LogP contribution in [0.3, 0.4) is 0 Å². The third-order valence-electron chi connectivity index (χ3n) is 3.82. The number of nitrogens with two attached hydrogens (primary N) is 1. The van der Waals surface area contributed by atoms with Gasteiger partial charge in [0.1, 0.15) is 0 Å². The Bertz CT molecular complexity index is 558. The van der Waals surface area contributed by atoms with Crippen molar-refractivity contribution in [2.45, 2.75) is 46.8 Å². The smallest absolute Gasteiger partial charge is 0.248 e. The van der Waals surface area contributed by atoms with Crippen LogP contribution < -0.4 is 16.4 Å². The number of hydrogen-bond donors (Lipinski definition) is 3. The highest BCUT2D eigenvalue weighted by Crippen LogP contribution is 2.10. The molecular weight excluding hydrogens is 316 g/mol. The van der Waals surface area contributed by atoms with Crippen LogP contribution in [0.5, 0.6) is 0 Å². The highest BCUT2D eigenvalue weighted by atomic mass is 16.5. The molecule has 0 saturated carbocycles. The van der Waals surface area contributed by atoms with Crippen LogP contribution in [0.2, 0.25) is 0 Å². The number of nitrogens with zero attached hydrogens (tertiary/aromatic N) is 1. The van der Waals surface area contributed by atoms with Gasteiger partial charge in [-0.05, 0) is 43.9 Å². The van der Waals surface area contributed by atoms with Crippen LogP contribution in [0.15, 0.2) is 29.3 Å². The summed E-state index contributed by atoms with van der Waals surface area (Å²) in [7, 11) is 0. The van der Waals surface area contributed by atoms with Crippen molar-refractivity contribution in [2.24, 2.45) is 16.6 Å². The van der Waals surface area contributed by atoms with Crippen LogP contribution in [-0.2, 0) is 11.3 Å². The Morgan fingerprint density at radius 3 is 2.64 bits per heavy atom. The van der Waals surface area contributed by atoms with E-state index in [9.17, 15) is 4.79 Å². The number of nitrogens with one attached hydrogen (secondary N) is 2. The zero-order valence-electron chi connectivity index (χ0n) is 15.8. The summed E-state index contributed by atoms with van der Waals surface area (Å²) in [6, 6.07) is 7.24. The minimum atomic E-state index is -0.425. The van der Waals surface area contributed by atoms with E-state index < -0.39 is 5.91 Å². The minimum absolute atomic E-state index is 0.243. The van der Waals surface area contributed by atoms with Crippen LogP contribution in [-0.4, -0.2) is 37.7 Å². The van der Waals surface area contributed by atoms with Gasteiger partial charge < -0.3 is 21.1 Å². The summed E-state index contributed by atoms with van der Waals surface area (Å²) in [6.07, 6.45) is 1.17. The fourth-order valence-corrected chi connectivity index (χ4v) is 2.49. The van der Waals surface area contributed by atoms with Gasteiger partial charge in [0.25, 0.3) is 0 Å².